The standard InChI is InChI=1S/C16H20N2O3/c19-13-6-4-12(5-7-13)10-18-11-14(20)17-16(15(18)21)8-2-1-3-9-16/h4-7,19H,1-3,8-11H2,(H,17,20). The Hall–Kier alpha value is -2.04. The topological polar surface area (TPSA) is 69.6 Å². The summed E-state index contributed by atoms with van der Waals surface area (Å²) in [5.74, 6) is 0.162. The minimum atomic E-state index is -0.676. The molecule has 0 radical (unpaired) electrons. The first-order valence-corrected chi connectivity index (χ1v) is 7.47. The molecular formula is C16H20N2O3. The molecule has 5 heteroatoms. The lowest BCUT2D eigenvalue weighted by Gasteiger charge is -2.44. The molecule has 112 valence electrons. The lowest BCUT2D eigenvalue weighted by Crippen LogP contribution is -2.66. The van der Waals surface area contributed by atoms with Crippen molar-refractivity contribution in [2.45, 2.75) is 44.2 Å². The summed E-state index contributed by atoms with van der Waals surface area (Å²) in [7, 11) is 0. The third kappa shape index (κ3) is 2.73. The Labute approximate surface area is 123 Å². The zero-order valence-electron chi connectivity index (χ0n) is 12.0. The molecule has 5 nitrogen and oxygen atoms in total. The molecule has 1 aliphatic heterocycles. The van der Waals surface area contributed by atoms with Crippen LogP contribution in [0.1, 0.15) is 37.7 Å². The largest absolute Gasteiger partial charge is 0.508 e. The van der Waals surface area contributed by atoms with Crippen LogP contribution in [0.4, 0.5) is 0 Å². The second kappa shape index (κ2) is 5.39. The van der Waals surface area contributed by atoms with E-state index in [0.717, 1.165) is 37.7 Å². The maximum absolute atomic E-state index is 12.8. The van der Waals surface area contributed by atoms with Gasteiger partial charge in [0.15, 0.2) is 0 Å². The zero-order chi connectivity index (χ0) is 14.9. The van der Waals surface area contributed by atoms with Crippen LogP contribution in [0, 0.1) is 0 Å². The fraction of sp³-hybridized carbons (Fsp3) is 0.500. The smallest absolute Gasteiger partial charge is 0.249 e. The van der Waals surface area contributed by atoms with E-state index in [1.54, 1.807) is 29.2 Å². The number of piperazine rings is 1. The molecule has 3 rings (SSSR count). The van der Waals surface area contributed by atoms with E-state index in [1.165, 1.54) is 0 Å². The number of rotatable bonds is 2. The maximum Gasteiger partial charge on any atom is 0.249 e. The number of carbonyl (C=O) groups excluding carboxylic acids is 2. The summed E-state index contributed by atoms with van der Waals surface area (Å²) < 4.78 is 0. The first-order chi connectivity index (χ1) is 10.1. The molecular weight excluding hydrogens is 268 g/mol. The van der Waals surface area contributed by atoms with Gasteiger partial charge in [-0.3, -0.25) is 9.59 Å². The molecule has 2 N–H and O–H groups in total. The minimum absolute atomic E-state index is 0.0369. The van der Waals surface area contributed by atoms with E-state index < -0.39 is 5.54 Å². The van der Waals surface area contributed by atoms with Crippen LogP contribution < -0.4 is 5.32 Å². The van der Waals surface area contributed by atoms with Gasteiger partial charge in [-0.2, -0.15) is 0 Å². The monoisotopic (exact) mass is 288 g/mol. The molecule has 1 aliphatic carbocycles. The highest BCUT2D eigenvalue weighted by molar-refractivity contribution is 5.98. The van der Waals surface area contributed by atoms with Crippen LogP contribution in [-0.4, -0.2) is 33.9 Å². The van der Waals surface area contributed by atoms with Crippen molar-refractivity contribution in [1.82, 2.24) is 10.2 Å². The molecule has 0 aromatic heterocycles. The van der Waals surface area contributed by atoms with Crippen molar-refractivity contribution in [2.24, 2.45) is 0 Å². The summed E-state index contributed by atoms with van der Waals surface area (Å²) in [4.78, 5) is 26.4. The summed E-state index contributed by atoms with van der Waals surface area (Å²) in [6, 6.07) is 6.76. The Kier molecular flexibility index (Phi) is 3.57. The third-order valence-electron chi connectivity index (χ3n) is 4.43. The SMILES string of the molecule is O=C1CN(Cc2ccc(O)cc2)C(=O)C2(CCCCC2)N1. The molecule has 1 aromatic carbocycles. The molecule has 2 fully saturated rings. The van der Waals surface area contributed by atoms with Gasteiger partial charge in [0.05, 0.1) is 6.54 Å². The quantitative estimate of drug-likeness (QED) is 0.867. The number of benzene rings is 1. The van der Waals surface area contributed by atoms with Gasteiger partial charge in [0.2, 0.25) is 11.8 Å². The molecule has 1 saturated carbocycles. The fourth-order valence-corrected chi connectivity index (χ4v) is 3.35. The van der Waals surface area contributed by atoms with Gasteiger partial charge in [-0.05, 0) is 30.5 Å². The summed E-state index contributed by atoms with van der Waals surface area (Å²) in [5.41, 5.74) is 0.242. The Morgan fingerprint density at radius 3 is 2.43 bits per heavy atom. The van der Waals surface area contributed by atoms with Crippen molar-refractivity contribution in [1.29, 1.82) is 0 Å². The van der Waals surface area contributed by atoms with E-state index >= 15 is 0 Å². The third-order valence-corrected chi connectivity index (χ3v) is 4.43. The second-order valence-electron chi connectivity index (χ2n) is 6.02. The van der Waals surface area contributed by atoms with Gasteiger partial charge >= 0.3 is 0 Å². The van der Waals surface area contributed by atoms with Crippen molar-refractivity contribution >= 4 is 11.8 Å². The van der Waals surface area contributed by atoms with Gasteiger partial charge in [0.25, 0.3) is 0 Å². The van der Waals surface area contributed by atoms with Gasteiger partial charge in [-0.15, -0.1) is 0 Å². The Balaban J connectivity index is 1.79. The molecule has 2 amide bonds. The molecule has 2 aliphatic rings. The molecule has 1 spiro atoms. The van der Waals surface area contributed by atoms with Crippen molar-refractivity contribution in [3.63, 3.8) is 0 Å². The van der Waals surface area contributed by atoms with Gasteiger partial charge in [0.1, 0.15) is 11.3 Å². The number of hydrogen-bond donors (Lipinski definition) is 2. The second-order valence-corrected chi connectivity index (χ2v) is 6.02. The van der Waals surface area contributed by atoms with E-state index in [-0.39, 0.29) is 24.1 Å². The number of carbonyl (C=O) groups is 2. The highest BCUT2D eigenvalue weighted by atomic mass is 16.3. The van der Waals surface area contributed by atoms with E-state index in [4.69, 9.17) is 0 Å². The number of phenols is 1. The van der Waals surface area contributed by atoms with Crippen LogP contribution in [0.5, 0.6) is 5.75 Å². The van der Waals surface area contributed by atoms with Crippen molar-refractivity contribution in [3.05, 3.63) is 29.8 Å². The van der Waals surface area contributed by atoms with Crippen LogP contribution in [0.2, 0.25) is 0 Å². The van der Waals surface area contributed by atoms with Crippen LogP contribution in [0.15, 0.2) is 24.3 Å². The lowest BCUT2D eigenvalue weighted by atomic mass is 9.79. The molecule has 0 bridgehead atoms. The Bertz CT molecular complexity index is 547. The predicted molar refractivity (Wildman–Crippen MR) is 77.5 cm³/mol. The van der Waals surface area contributed by atoms with Gasteiger partial charge in [0, 0.05) is 6.54 Å². The summed E-state index contributed by atoms with van der Waals surface area (Å²) in [6.07, 6.45) is 4.58. The number of aromatic hydroxyl groups is 1. The van der Waals surface area contributed by atoms with Crippen LogP contribution in [0.3, 0.4) is 0 Å². The van der Waals surface area contributed by atoms with Crippen molar-refractivity contribution < 1.29 is 14.7 Å². The molecule has 0 unspecified atom stereocenters. The highest BCUT2D eigenvalue weighted by Crippen LogP contribution is 2.32. The van der Waals surface area contributed by atoms with E-state index in [2.05, 4.69) is 5.32 Å². The lowest BCUT2D eigenvalue weighted by molar-refractivity contribution is -0.152. The summed E-state index contributed by atoms with van der Waals surface area (Å²) >= 11 is 0. The normalized spacial score (nSPS) is 21.4. The number of nitrogens with one attached hydrogen (secondary N) is 1. The van der Waals surface area contributed by atoms with Gasteiger partial charge in [-0.25, -0.2) is 0 Å². The fourth-order valence-electron chi connectivity index (χ4n) is 3.35. The van der Waals surface area contributed by atoms with E-state index in [9.17, 15) is 14.7 Å². The van der Waals surface area contributed by atoms with Crippen molar-refractivity contribution in [3.8, 4) is 5.75 Å². The average Bonchev–Trinajstić information content (AvgIpc) is 2.48. The van der Waals surface area contributed by atoms with E-state index in [0.29, 0.717) is 6.54 Å². The number of phenolic OH excluding ortho intramolecular Hbond substituents is 1. The predicted octanol–water partition coefficient (Wildman–Crippen LogP) is 1.55. The summed E-state index contributed by atoms with van der Waals surface area (Å²) in [5, 5.41) is 12.2. The van der Waals surface area contributed by atoms with Gasteiger partial charge < -0.3 is 15.3 Å². The number of nitrogens with zero attached hydrogens (tertiary/aromatic N) is 1. The first kappa shape index (κ1) is 13.9. The zero-order valence-corrected chi connectivity index (χ0v) is 12.0. The number of amides is 2. The number of hydrogen-bond acceptors (Lipinski definition) is 3. The maximum atomic E-state index is 12.8. The Morgan fingerprint density at radius 2 is 1.76 bits per heavy atom. The van der Waals surface area contributed by atoms with Crippen LogP contribution in [-0.2, 0) is 16.1 Å². The molecule has 1 heterocycles. The Morgan fingerprint density at radius 1 is 1.10 bits per heavy atom. The molecule has 21 heavy (non-hydrogen) atoms. The van der Waals surface area contributed by atoms with Gasteiger partial charge in [-0.1, -0.05) is 31.4 Å². The molecule has 1 saturated heterocycles. The minimum Gasteiger partial charge on any atom is -0.508 e. The first-order valence-electron chi connectivity index (χ1n) is 7.47. The molecule has 1 aromatic rings. The molecule has 0 atom stereocenters. The average molecular weight is 288 g/mol. The van der Waals surface area contributed by atoms with Crippen LogP contribution >= 0.6 is 0 Å². The van der Waals surface area contributed by atoms with Crippen LogP contribution in [0.25, 0.3) is 0 Å². The van der Waals surface area contributed by atoms with Crippen molar-refractivity contribution in [2.75, 3.05) is 6.54 Å². The summed E-state index contributed by atoms with van der Waals surface area (Å²) in [6.45, 7) is 0.524. The van der Waals surface area contributed by atoms with E-state index in [1.807, 2.05) is 0 Å². The highest BCUT2D eigenvalue weighted by Gasteiger charge is 2.46.